The summed E-state index contributed by atoms with van der Waals surface area (Å²) in [5.41, 5.74) is 1.31. The van der Waals surface area contributed by atoms with Crippen molar-refractivity contribution in [3.05, 3.63) is 11.6 Å². The van der Waals surface area contributed by atoms with Crippen molar-refractivity contribution in [3.8, 4) is 0 Å². The van der Waals surface area contributed by atoms with Crippen LogP contribution in [0.4, 0.5) is 0 Å². The Morgan fingerprint density at radius 2 is 1.80 bits per heavy atom. The largest absolute Gasteiger partial charge is 0.468 e. The van der Waals surface area contributed by atoms with Gasteiger partial charge in [-0.15, -0.1) is 0 Å². The van der Waals surface area contributed by atoms with Crippen LogP contribution in [0.5, 0.6) is 0 Å². The number of hydrogen-bond donors (Lipinski definition) is 0. The molecule has 1 aliphatic carbocycles. The number of methoxy groups -OCH3 is 2. The fraction of sp³-hybridized carbons (Fsp3) is 0.636. The molecule has 0 aromatic rings. The standard InChI is InChI=1S/C11H16O4/c1-14-10(12)9(11(13)15-2)7-6-8-4-3-5-8/h6,9H,3-5,7H2,1-2H3. The lowest BCUT2D eigenvalue weighted by Crippen LogP contribution is -2.26. The molecule has 0 aromatic heterocycles. The predicted octanol–water partition coefficient (Wildman–Crippen LogP) is 1.45. The molecule has 0 bridgehead atoms. The van der Waals surface area contributed by atoms with Crippen molar-refractivity contribution in [2.75, 3.05) is 14.2 Å². The van der Waals surface area contributed by atoms with E-state index in [0.717, 1.165) is 12.8 Å². The molecule has 0 radical (unpaired) electrons. The molecule has 4 heteroatoms. The maximum Gasteiger partial charge on any atom is 0.320 e. The molecule has 1 fully saturated rings. The Labute approximate surface area is 89.2 Å². The van der Waals surface area contributed by atoms with Crippen molar-refractivity contribution in [2.24, 2.45) is 5.92 Å². The number of esters is 2. The van der Waals surface area contributed by atoms with Gasteiger partial charge in [-0.05, 0) is 25.7 Å². The third-order valence-corrected chi connectivity index (χ3v) is 2.61. The highest BCUT2D eigenvalue weighted by molar-refractivity contribution is 5.94. The van der Waals surface area contributed by atoms with Gasteiger partial charge in [0.15, 0.2) is 5.92 Å². The molecule has 1 aliphatic rings. The highest BCUT2D eigenvalue weighted by atomic mass is 16.5. The summed E-state index contributed by atoms with van der Waals surface area (Å²) in [6.45, 7) is 0. The van der Waals surface area contributed by atoms with E-state index in [0.29, 0.717) is 6.42 Å². The summed E-state index contributed by atoms with van der Waals surface area (Å²) in [5, 5.41) is 0. The zero-order chi connectivity index (χ0) is 11.3. The minimum Gasteiger partial charge on any atom is -0.468 e. The Balaban J connectivity index is 2.55. The molecule has 4 nitrogen and oxygen atoms in total. The van der Waals surface area contributed by atoms with Gasteiger partial charge in [0, 0.05) is 0 Å². The van der Waals surface area contributed by atoms with E-state index >= 15 is 0 Å². The Morgan fingerprint density at radius 3 is 2.13 bits per heavy atom. The molecule has 1 saturated carbocycles. The number of ether oxygens (including phenoxy) is 2. The summed E-state index contributed by atoms with van der Waals surface area (Å²) < 4.78 is 9.10. The van der Waals surface area contributed by atoms with Crippen LogP contribution in [0.15, 0.2) is 11.6 Å². The molecule has 0 amide bonds. The van der Waals surface area contributed by atoms with Crippen LogP contribution in [0, 0.1) is 5.92 Å². The maximum absolute atomic E-state index is 11.3. The second-order valence-corrected chi connectivity index (χ2v) is 3.55. The molecule has 0 N–H and O–H groups in total. The van der Waals surface area contributed by atoms with Gasteiger partial charge in [-0.1, -0.05) is 11.6 Å². The quantitative estimate of drug-likeness (QED) is 0.402. The summed E-state index contributed by atoms with van der Waals surface area (Å²) in [7, 11) is 2.55. The normalized spacial score (nSPS) is 14.5. The van der Waals surface area contributed by atoms with E-state index in [9.17, 15) is 9.59 Å². The van der Waals surface area contributed by atoms with Gasteiger partial charge in [0.05, 0.1) is 14.2 Å². The predicted molar refractivity (Wildman–Crippen MR) is 54.1 cm³/mol. The molecule has 15 heavy (non-hydrogen) atoms. The Hall–Kier alpha value is -1.32. The van der Waals surface area contributed by atoms with Gasteiger partial charge < -0.3 is 9.47 Å². The van der Waals surface area contributed by atoms with Gasteiger partial charge in [-0.2, -0.15) is 0 Å². The van der Waals surface area contributed by atoms with Gasteiger partial charge in [0.2, 0.25) is 0 Å². The van der Waals surface area contributed by atoms with Crippen molar-refractivity contribution in [1.29, 1.82) is 0 Å². The Morgan fingerprint density at radius 1 is 1.27 bits per heavy atom. The summed E-state index contributed by atoms with van der Waals surface area (Å²) in [6.07, 6.45) is 5.69. The van der Waals surface area contributed by atoms with Gasteiger partial charge in [0.1, 0.15) is 0 Å². The maximum atomic E-state index is 11.3. The van der Waals surface area contributed by atoms with E-state index in [4.69, 9.17) is 0 Å². The van der Waals surface area contributed by atoms with Crippen LogP contribution in [0.1, 0.15) is 25.7 Å². The second-order valence-electron chi connectivity index (χ2n) is 3.55. The summed E-state index contributed by atoms with van der Waals surface area (Å²) >= 11 is 0. The van der Waals surface area contributed by atoms with Crippen molar-refractivity contribution in [2.45, 2.75) is 25.7 Å². The molecule has 84 valence electrons. The average Bonchev–Trinajstić information content (AvgIpc) is 2.19. The Bertz CT molecular complexity index is 258. The lowest BCUT2D eigenvalue weighted by atomic mass is 9.90. The first kappa shape index (κ1) is 11.8. The highest BCUT2D eigenvalue weighted by Gasteiger charge is 2.27. The van der Waals surface area contributed by atoms with Crippen molar-refractivity contribution in [3.63, 3.8) is 0 Å². The molecule has 0 aliphatic heterocycles. The topological polar surface area (TPSA) is 52.6 Å². The number of allylic oxidation sites excluding steroid dienone is 2. The summed E-state index contributed by atoms with van der Waals surface area (Å²) in [5.74, 6) is -1.87. The zero-order valence-corrected chi connectivity index (χ0v) is 9.12. The minimum atomic E-state index is -0.812. The lowest BCUT2D eigenvalue weighted by molar-refractivity contribution is -0.158. The summed E-state index contributed by atoms with van der Waals surface area (Å²) in [4.78, 5) is 22.6. The fourth-order valence-electron chi connectivity index (χ4n) is 1.44. The zero-order valence-electron chi connectivity index (χ0n) is 9.12. The highest BCUT2D eigenvalue weighted by Crippen LogP contribution is 2.26. The van der Waals surface area contributed by atoms with E-state index < -0.39 is 17.9 Å². The second kappa shape index (κ2) is 5.53. The molecular weight excluding hydrogens is 196 g/mol. The molecule has 1 rings (SSSR count). The number of rotatable bonds is 4. The summed E-state index contributed by atoms with van der Waals surface area (Å²) in [6, 6.07) is 0. The monoisotopic (exact) mass is 212 g/mol. The lowest BCUT2D eigenvalue weighted by Gasteiger charge is -2.17. The SMILES string of the molecule is COC(=O)C(CC=C1CCC1)C(=O)OC. The Kier molecular flexibility index (Phi) is 4.34. The smallest absolute Gasteiger partial charge is 0.320 e. The van der Waals surface area contributed by atoms with Crippen LogP contribution in [0.3, 0.4) is 0 Å². The molecule has 0 unspecified atom stereocenters. The van der Waals surface area contributed by atoms with E-state index in [1.54, 1.807) is 0 Å². The van der Waals surface area contributed by atoms with Gasteiger partial charge in [-0.3, -0.25) is 9.59 Å². The van der Waals surface area contributed by atoms with Crippen LogP contribution in [-0.4, -0.2) is 26.2 Å². The average molecular weight is 212 g/mol. The van der Waals surface area contributed by atoms with Crippen LogP contribution in [-0.2, 0) is 19.1 Å². The van der Waals surface area contributed by atoms with Gasteiger partial charge in [0.25, 0.3) is 0 Å². The molecule has 0 atom stereocenters. The number of carbonyl (C=O) groups is 2. The first-order valence-corrected chi connectivity index (χ1v) is 5.02. The fourth-order valence-corrected chi connectivity index (χ4v) is 1.44. The van der Waals surface area contributed by atoms with Crippen molar-refractivity contribution in [1.82, 2.24) is 0 Å². The number of carbonyl (C=O) groups excluding carboxylic acids is 2. The van der Waals surface area contributed by atoms with E-state index in [1.807, 2.05) is 6.08 Å². The molecule has 0 spiro atoms. The van der Waals surface area contributed by atoms with E-state index in [1.165, 1.54) is 26.2 Å². The number of hydrogen-bond acceptors (Lipinski definition) is 4. The van der Waals surface area contributed by atoms with E-state index in [2.05, 4.69) is 9.47 Å². The first-order chi connectivity index (χ1) is 7.19. The molecule has 0 saturated heterocycles. The van der Waals surface area contributed by atoms with Crippen LogP contribution < -0.4 is 0 Å². The van der Waals surface area contributed by atoms with Crippen LogP contribution >= 0.6 is 0 Å². The molecule has 0 aromatic carbocycles. The molecule has 0 heterocycles. The van der Waals surface area contributed by atoms with Crippen LogP contribution in [0.25, 0.3) is 0 Å². The van der Waals surface area contributed by atoms with Crippen molar-refractivity contribution < 1.29 is 19.1 Å². The molecular formula is C11H16O4. The van der Waals surface area contributed by atoms with Gasteiger partial charge in [-0.25, -0.2) is 0 Å². The van der Waals surface area contributed by atoms with E-state index in [-0.39, 0.29) is 0 Å². The van der Waals surface area contributed by atoms with Gasteiger partial charge >= 0.3 is 11.9 Å². The first-order valence-electron chi connectivity index (χ1n) is 5.02. The van der Waals surface area contributed by atoms with Crippen molar-refractivity contribution >= 4 is 11.9 Å². The van der Waals surface area contributed by atoms with Crippen LogP contribution in [0.2, 0.25) is 0 Å². The minimum absolute atomic E-state index is 0.384. The third-order valence-electron chi connectivity index (χ3n) is 2.61. The third kappa shape index (κ3) is 3.08.